The highest BCUT2D eigenvalue weighted by molar-refractivity contribution is 5.92. The first kappa shape index (κ1) is 18.0. The van der Waals surface area contributed by atoms with E-state index in [9.17, 15) is 17.6 Å². The summed E-state index contributed by atoms with van der Waals surface area (Å²) in [6.45, 7) is 0. The number of H-pyrrole nitrogens is 1. The SMILES string of the molecule is CNc1c(Cc2c(F)cccc2F)ccc2[nH]c(-c3c(F)cccc3F)nc12. The number of fused-ring (bicyclic) bond motifs is 1. The van der Waals surface area contributed by atoms with Crippen LogP contribution >= 0.6 is 0 Å². The van der Waals surface area contributed by atoms with Crippen molar-refractivity contribution in [2.75, 3.05) is 12.4 Å². The molecule has 0 unspecified atom stereocenters. The Balaban J connectivity index is 1.85. The molecule has 3 nitrogen and oxygen atoms in total. The number of hydrogen-bond acceptors (Lipinski definition) is 2. The second kappa shape index (κ2) is 6.99. The molecule has 0 saturated heterocycles. The molecule has 4 aromatic rings. The van der Waals surface area contributed by atoms with Crippen molar-refractivity contribution in [2.24, 2.45) is 0 Å². The van der Waals surface area contributed by atoms with Gasteiger partial charge in [0.25, 0.3) is 0 Å². The number of rotatable bonds is 4. The average Bonchev–Trinajstić information content (AvgIpc) is 3.08. The van der Waals surface area contributed by atoms with Crippen LogP contribution in [0, 0.1) is 23.3 Å². The normalized spacial score (nSPS) is 11.2. The van der Waals surface area contributed by atoms with Crippen molar-refractivity contribution in [3.8, 4) is 11.4 Å². The molecule has 1 aromatic heterocycles. The number of imidazole rings is 1. The van der Waals surface area contributed by atoms with Crippen molar-refractivity contribution in [3.63, 3.8) is 0 Å². The van der Waals surface area contributed by atoms with Crippen LogP contribution in [0.1, 0.15) is 11.1 Å². The molecule has 142 valence electrons. The van der Waals surface area contributed by atoms with E-state index in [0.717, 1.165) is 12.1 Å². The monoisotopic (exact) mass is 385 g/mol. The van der Waals surface area contributed by atoms with Gasteiger partial charge >= 0.3 is 0 Å². The Hall–Kier alpha value is -3.35. The van der Waals surface area contributed by atoms with E-state index >= 15 is 0 Å². The number of aromatic amines is 1. The lowest BCUT2D eigenvalue weighted by molar-refractivity contribution is 0.561. The number of halogens is 4. The van der Waals surface area contributed by atoms with Gasteiger partial charge in [-0.15, -0.1) is 0 Å². The van der Waals surface area contributed by atoms with E-state index in [4.69, 9.17) is 0 Å². The fraction of sp³-hybridized carbons (Fsp3) is 0.0952. The van der Waals surface area contributed by atoms with E-state index in [1.54, 1.807) is 19.2 Å². The lowest BCUT2D eigenvalue weighted by Crippen LogP contribution is -2.01. The fourth-order valence-electron chi connectivity index (χ4n) is 3.28. The summed E-state index contributed by atoms with van der Waals surface area (Å²) in [7, 11) is 1.65. The van der Waals surface area contributed by atoms with Gasteiger partial charge in [0, 0.05) is 19.0 Å². The molecule has 1 heterocycles. The maximum Gasteiger partial charge on any atom is 0.144 e. The molecule has 0 radical (unpaired) electrons. The number of benzene rings is 3. The third-order valence-electron chi connectivity index (χ3n) is 4.62. The average molecular weight is 385 g/mol. The molecule has 7 heteroatoms. The minimum absolute atomic E-state index is 0.000866. The molecule has 0 spiro atoms. The van der Waals surface area contributed by atoms with Crippen LogP contribution in [0.2, 0.25) is 0 Å². The molecule has 2 N–H and O–H groups in total. The number of hydrogen-bond donors (Lipinski definition) is 2. The molecule has 0 saturated carbocycles. The van der Waals surface area contributed by atoms with E-state index in [-0.39, 0.29) is 23.4 Å². The molecule has 0 aliphatic carbocycles. The Kier molecular flexibility index (Phi) is 4.50. The highest BCUT2D eigenvalue weighted by Crippen LogP contribution is 2.32. The third kappa shape index (κ3) is 2.98. The summed E-state index contributed by atoms with van der Waals surface area (Å²) in [5.74, 6) is -2.72. The zero-order chi connectivity index (χ0) is 19.8. The lowest BCUT2D eigenvalue weighted by Gasteiger charge is -2.11. The molecule has 0 amide bonds. The van der Waals surface area contributed by atoms with Crippen LogP contribution in [0.15, 0.2) is 48.5 Å². The van der Waals surface area contributed by atoms with E-state index < -0.39 is 23.3 Å². The molecular formula is C21H15F4N3. The van der Waals surface area contributed by atoms with Crippen LogP contribution in [-0.4, -0.2) is 17.0 Å². The minimum Gasteiger partial charge on any atom is -0.386 e. The largest absolute Gasteiger partial charge is 0.386 e. The first-order valence-electron chi connectivity index (χ1n) is 8.56. The first-order valence-corrected chi connectivity index (χ1v) is 8.56. The smallest absolute Gasteiger partial charge is 0.144 e. The zero-order valence-corrected chi connectivity index (χ0v) is 14.8. The summed E-state index contributed by atoms with van der Waals surface area (Å²) in [6.07, 6.45) is 0.000866. The van der Waals surface area contributed by atoms with Crippen molar-refractivity contribution in [1.82, 2.24) is 9.97 Å². The molecule has 3 aromatic carbocycles. The van der Waals surface area contributed by atoms with Crippen molar-refractivity contribution < 1.29 is 17.6 Å². The van der Waals surface area contributed by atoms with Gasteiger partial charge in [0.2, 0.25) is 0 Å². The van der Waals surface area contributed by atoms with Crippen LogP contribution in [0.3, 0.4) is 0 Å². The summed E-state index contributed by atoms with van der Waals surface area (Å²) in [4.78, 5) is 7.24. The van der Waals surface area contributed by atoms with E-state index in [1.807, 2.05) is 0 Å². The van der Waals surface area contributed by atoms with Crippen LogP contribution in [0.4, 0.5) is 23.2 Å². The summed E-state index contributed by atoms with van der Waals surface area (Å²) in [5, 5.41) is 2.98. The van der Waals surface area contributed by atoms with Crippen molar-refractivity contribution in [1.29, 1.82) is 0 Å². The predicted molar refractivity (Wildman–Crippen MR) is 100 cm³/mol. The van der Waals surface area contributed by atoms with E-state index in [0.29, 0.717) is 22.3 Å². The van der Waals surface area contributed by atoms with Crippen molar-refractivity contribution >= 4 is 16.7 Å². The molecule has 0 aliphatic heterocycles. The highest BCUT2D eigenvalue weighted by atomic mass is 19.1. The Labute approximate surface area is 158 Å². The molecule has 0 bridgehead atoms. The van der Waals surface area contributed by atoms with Crippen molar-refractivity contribution in [3.05, 3.63) is 82.9 Å². The van der Waals surface area contributed by atoms with Crippen molar-refractivity contribution in [2.45, 2.75) is 6.42 Å². The minimum atomic E-state index is -0.737. The molecule has 0 fully saturated rings. The van der Waals surface area contributed by atoms with E-state index in [1.165, 1.54) is 24.3 Å². The third-order valence-corrected chi connectivity index (χ3v) is 4.62. The first-order chi connectivity index (χ1) is 13.5. The summed E-state index contributed by atoms with van der Waals surface area (Å²) >= 11 is 0. The highest BCUT2D eigenvalue weighted by Gasteiger charge is 2.19. The fourth-order valence-corrected chi connectivity index (χ4v) is 3.28. The van der Waals surface area contributed by atoms with Gasteiger partial charge in [-0.1, -0.05) is 18.2 Å². The van der Waals surface area contributed by atoms with Crippen LogP contribution in [0.25, 0.3) is 22.4 Å². The molecule has 0 aliphatic rings. The maximum absolute atomic E-state index is 14.1. The second-order valence-electron chi connectivity index (χ2n) is 6.30. The number of aromatic nitrogens is 2. The Morgan fingerprint density at radius 2 is 1.46 bits per heavy atom. The molecular weight excluding hydrogens is 370 g/mol. The predicted octanol–water partition coefficient (Wildman–Crippen LogP) is 5.42. The van der Waals surface area contributed by atoms with Gasteiger partial charge < -0.3 is 10.3 Å². The number of anilines is 1. The second-order valence-corrected chi connectivity index (χ2v) is 6.30. The Morgan fingerprint density at radius 1 is 0.857 bits per heavy atom. The molecule has 4 rings (SSSR count). The van der Waals surface area contributed by atoms with Crippen LogP contribution in [0.5, 0.6) is 0 Å². The number of nitrogens with one attached hydrogen (secondary N) is 2. The zero-order valence-electron chi connectivity index (χ0n) is 14.8. The van der Waals surface area contributed by atoms with Gasteiger partial charge in [0.15, 0.2) is 0 Å². The van der Waals surface area contributed by atoms with Gasteiger partial charge in [-0.2, -0.15) is 0 Å². The van der Waals surface area contributed by atoms with Gasteiger partial charge in [-0.25, -0.2) is 22.5 Å². The maximum atomic E-state index is 14.1. The summed E-state index contributed by atoms with van der Waals surface area (Å²) in [6, 6.07) is 10.6. The quantitative estimate of drug-likeness (QED) is 0.461. The lowest BCUT2D eigenvalue weighted by atomic mass is 10.0. The van der Waals surface area contributed by atoms with Gasteiger partial charge in [0.05, 0.1) is 16.8 Å². The Morgan fingerprint density at radius 3 is 2.07 bits per heavy atom. The van der Waals surface area contributed by atoms with Gasteiger partial charge in [0.1, 0.15) is 34.6 Å². The van der Waals surface area contributed by atoms with Crippen LogP contribution < -0.4 is 5.32 Å². The molecule has 28 heavy (non-hydrogen) atoms. The van der Waals surface area contributed by atoms with Gasteiger partial charge in [-0.3, -0.25) is 0 Å². The summed E-state index contributed by atoms with van der Waals surface area (Å²) in [5.41, 5.74) is 1.77. The van der Waals surface area contributed by atoms with E-state index in [2.05, 4.69) is 15.3 Å². The van der Waals surface area contributed by atoms with Crippen LogP contribution in [-0.2, 0) is 6.42 Å². The Bertz CT molecular complexity index is 1140. The molecule has 0 atom stereocenters. The van der Waals surface area contributed by atoms with Gasteiger partial charge in [-0.05, 0) is 35.9 Å². The topological polar surface area (TPSA) is 40.7 Å². The standard InChI is InChI=1S/C21H15F4N3/c1-26-19-11(10-12-13(22)4-2-5-14(12)23)8-9-17-20(19)28-21(27-17)18-15(24)6-3-7-16(18)25/h2-9,26H,10H2,1H3,(H,27,28). The number of nitrogens with zero attached hydrogens (tertiary/aromatic N) is 1. The summed E-state index contributed by atoms with van der Waals surface area (Å²) < 4.78 is 56.3.